The highest BCUT2D eigenvalue weighted by molar-refractivity contribution is 8.18. The lowest BCUT2D eigenvalue weighted by Crippen LogP contribution is -2.41. The standard InChI is InChI=1S/C22H26N2O6S/c1-3-9-30-17-8-7-15(11-18(17)28-4-2)12-19-21(26)24(22(27)31-19)14-20(25)23-13-16-6-5-10-29-16/h3,7-8,11-12,16H,1,4-6,9-10,13-14H2,2H3,(H,23,25)/b19-12-/t16-/m1/s1. The number of hydrogen-bond acceptors (Lipinski definition) is 7. The van der Waals surface area contributed by atoms with Crippen LogP contribution in [0.4, 0.5) is 4.79 Å². The number of nitrogens with one attached hydrogen (secondary N) is 1. The molecular formula is C22H26N2O6S. The van der Waals surface area contributed by atoms with Gasteiger partial charge in [-0.05, 0) is 55.3 Å². The summed E-state index contributed by atoms with van der Waals surface area (Å²) in [7, 11) is 0. The van der Waals surface area contributed by atoms with E-state index >= 15 is 0 Å². The first-order valence-electron chi connectivity index (χ1n) is 10.2. The Hall–Kier alpha value is -2.78. The molecule has 3 rings (SSSR count). The Morgan fingerprint density at radius 2 is 2.19 bits per heavy atom. The summed E-state index contributed by atoms with van der Waals surface area (Å²) in [6.07, 6.45) is 5.11. The number of nitrogens with zero attached hydrogens (tertiary/aromatic N) is 1. The monoisotopic (exact) mass is 446 g/mol. The predicted octanol–water partition coefficient (Wildman–Crippen LogP) is 2.98. The molecule has 166 valence electrons. The van der Waals surface area contributed by atoms with E-state index in [0.29, 0.717) is 43.4 Å². The zero-order valence-corrected chi connectivity index (χ0v) is 18.2. The Morgan fingerprint density at radius 1 is 1.35 bits per heavy atom. The molecule has 2 heterocycles. The van der Waals surface area contributed by atoms with E-state index in [0.717, 1.165) is 29.5 Å². The van der Waals surface area contributed by atoms with Crippen LogP contribution in [0.25, 0.3) is 6.08 Å². The number of benzene rings is 1. The second kappa shape index (κ2) is 11.0. The minimum atomic E-state index is -0.493. The maximum absolute atomic E-state index is 12.7. The van der Waals surface area contributed by atoms with E-state index in [-0.39, 0.29) is 23.5 Å². The predicted molar refractivity (Wildman–Crippen MR) is 118 cm³/mol. The minimum Gasteiger partial charge on any atom is -0.490 e. The molecule has 1 aromatic carbocycles. The largest absolute Gasteiger partial charge is 0.490 e. The second-order valence-corrected chi connectivity index (χ2v) is 7.94. The molecule has 8 nitrogen and oxygen atoms in total. The molecule has 1 atom stereocenters. The molecule has 0 unspecified atom stereocenters. The lowest BCUT2D eigenvalue weighted by atomic mass is 10.2. The van der Waals surface area contributed by atoms with Crippen LogP contribution in [-0.4, -0.2) is 61.0 Å². The fourth-order valence-corrected chi connectivity index (χ4v) is 4.01. The molecule has 31 heavy (non-hydrogen) atoms. The van der Waals surface area contributed by atoms with Crippen LogP contribution >= 0.6 is 11.8 Å². The Bertz CT molecular complexity index is 879. The van der Waals surface area contributed by atoms with Gasteiger partial charge in [0.15, 0.2) is 11.5 Å². The van der Waals surface area contributed by atoms with Gasteiger partial charge in [0.05, 0.1) is 17.6 Å². The summed E-state index contributed by atoms with van der Waals surface area (Å²) in [4.78, 5) is 38.3. The first kappa shape index (κ1) is 22.9. The molecule has 0 saturated carbocycles. The van der Waals surface area contributed by atoms with Crippen molar-refractivity contribution in [3.63, 3.8) is 0 Å². The summed E-state index contributed by atoms with van der Waals surface area (Å²) in [6, 6.07) is 5.25. The van der Waals surface area contributed by atoms with Crippen LogP contribution < -0.4 is 14.8 Å². The summed E-state index contributed by atoms with van der Waals surface area (Å²) in [6.45, 7) is 7.04. The third-order valence-electron chi connectivity index (χ3n) is 4.65. The number of thioether (sulfide) groups is 1. The first-order chi connectivity index (χ1) is 15.0. The molecule has 0 spiro atoms. The zero-order valence-electron chi connectivity index (χ0n) is 17.4. The first-order valence-corrected chi connectivity index (χ1v) is 11.0. The van der Waals surface area contributed by atoms with Gasteiger partial charge in [0.1, 0.15) is 13.2 Å². The summed E-state index contributed by atoms with van der Waals surface area (Å²) in [5.74, 6) is 0.217. The van der Waals surface area contributed by atoms with Gasteiger partial charge >= 0.3 is 0 Å². The summed E-state index contributed by atoms with van der Waals surface area (Å²) >= 11 is 0.808. The molecule has 2 aliphatic heterocycles. The van der Waals surface area contributed by atoms with Crippen molar-refractivity contribution in [2.24, 2.45) is 0 Å². The van der Waals surface area contributed by atoms with Gasteiger partial charge in [-0.15, -0.1) is 0 Å². The molecule has 0 aromatic heterocycles. The molecule has 2 saturated heterocycles. The third kappa shape index (κ3) is 6.11. The highest BCUT2D eigenvalue weighted by Gasteiger charge is 2.36. The molecule has 9 heteroatoms. The topological polar surface area (TPSA) is 94.2 Å². The molecule has 0 aliphatic carbocycles. The van der Waals surface area contributed by atoms with E-state index in [9.17, 15) is 14.4 Å². The highest BCUT2D eigenvalue weighted by atomic mass is 32.2. The van der Waals surface area contributed by atoms with Crippen molar-refractivity contribution in [3.05, 3.63) is 41.3 Å². The normalized spacial score (nSPS) is 19.7. The second-order valence-electron chi connectivity index (χ2n) is 6.95. The molecule has 1 aromatic rings. The van der Waals surface area contributed by atoms with Gasteiger partial charge in [0.2, 0.25) is 5.91 Å². The van der Waals surface area contributed by atoms with Crippen molar-refractivity contribution in [2.75, 3.05) is 32.9 Å². The van der Waals surface area contributed by atoms with Crippen LogP contribution in [0, 0.1) is 0 Å². The van der Waals surface area contributed by atoms with Gasteiger partial charge in [0, 0.05) is 13.2 Å². The van der Waals surface area contributed by atoms with Crippen molar-refractivity contribution >= 4 is 34.9 Å². The zero-order chi connectivity index (χ0) is 22.2. The van der Waals surface area contributed by atoms with Gasteiger partial charge in [-0.1, -0.05) is 18.7 Å². The van der Waals surface area contributed by atoms with Gasteiger partial charge in [0.25, 0.3) is 11.1 Å². The van der Waals surface area contributed by atoms with E-state index in [4.69, 9.17) is 14.2 Å². The van der Waals surface area contributed by atoms with E-state index in [1.165, 1.54) is 0 Å². The van der Waals surface area contributed by atoms with Crippen molar-refractivity contribution in [1.82, 2.24) is 10.2 Å². The number of carbonyl (C=O) groups excluding carboxylic acids is 3. The fraction of sp³-hybridized carbons (Fsp3) is 0.409. The van der Waals surface area contributed by atoms with Crippen LogP contribution in [0.3, 0.4) is 0 Å². The molecule has 2 aliphatic rings. The SMILES string of the molecule is C=CCOc1ccc(/C=C2\SC(=O)N(CC(=O)NC[C@H]3CCCO3)C2=O)cc1OCC. The van der Waals surface area contributed by atoms with Crippen molar-refractivity contribution in [1.29, 1.82) is 0 Å². The van der Waals surface area contributed by atoms with Gasteiger partial charge in [-0.2, -0.15) is 0 Å². The average molecular weight is 447 g/mol. The molecular weight excluding hydrogens is 420 g/mol. The van der Waals surface area contributed by atoms with Crippen LogP contribution in [0.1, 0.15) is 25.3 Å². The van der Waals surface area contributed by atoms with Crippen LogP contribution in [0.2, 0.25) is 0 Å². The summed E-state index contributed by atoms with van der Waals surface area (Å²) in [5.41, 5.74) is 0.683. The quantitative estimate of drug-likeness (QED) is 0.436. The van der Waals surface area contributed by atoms with Gasteiger partial charge in [-0.3, -0.25) is 19.3 Å². The van der Waals surface area contributed by atoms with E-state index in [1.807, 2.05) is 6.92 Å². The Labute approximate surface area is 185 Å². The van der Waals surface area contributed by atoms with E-state index < -0.39 is 11.1 Å². The smallest absolute Gasteiger partial charge is 0.294 e. The molecule has 1 N–H and O–H groups in total. The highest BCUT2D eigenvalue weighted by Crippen LogP contribution is 2.34. The van der Waals surface area contributed by atoms with Gasteiger partial charge < -0.3 is 19.5 Å². The van der Waals surface area contributed by atoms with Crippen molar-refractivity contribution in [3.8, 4) is 11.5 Å². The van der Waals surface area contributed by atoms with E-state index in [2.05, 4.69) is 11.9 Å². The number of rotatable bonds is 10. The Kier molecular flexibility index (Phi) is 8.13. The third-order valence-corrected chi connectivity index (χ3v) is 5.56. The van der Waals surface area contributed by atoms with Crippen molar-refractivity contribution in [2.45, 2.75) is 25.9 Å². The summed E-state index contributed by atoms with van der Waals surface area (Å²) in [5, 5.41) is 2.25. The van der Waals surface area contributed by atoms with Crippen LogP contribution in [-0.2, 0) is 14.3 Å². The molecule has 3 amide bonds. The Morgan fingerprint density at radius 3 is 2.90 bits per heavy atom. The number of amides is 3. The average Bonchev–Trinajstić information content (AvgIpc) is 3.36. The number of imide groups is 1. The lowest BCUT2D eigenvalue weighted by Gasteiger charge is -2.14. The van der Waals surface area contributed by atoms with Crippen molar-refractivity contribution < 1.29 is 28.6 Å². The molecule has 0 bridgehead atoms. The van der Waals surface area contributed by atoms with Crippen LogP contribution in [0.5, 0.6) is 11.5 Å². The number of ether oxygens (including phenoxy) is 3. The maximum Gasteiger partial charge on any atom is 0.294 e. The Balaban J connectivity index is 1.65. The summed E-state index contributed by atoms with van der Waals surface area (Å²) < 4.78 is 16.6. The fourth-order valence-electron chi connectivity index (χ4n) is 3.17. The molecule has 0 radical (unpaired) electrons. The van der Waals surface area contributed by atoms with E-state index in [1.54, 1.807) is 30.4 Å². The molecule has 2 fully saturated rings. The maximum atomic E-state index is 12.7. The van der Waals surface area contributed by atoms with Crippen LogP contribution in [0.15, 0.2) is 35.8 Å². The van der Waals surface area contributed by atoms with Gasteiger partial charge in [-0.25, -0.2) is 0 Å². The minimum absolute atomic E-state index is 0.00303. The lowest BCUT2D eigenvalue weighted by molar-refractivity contribution is -0.129. The number of hydrogen-bond donors (Lipinski definition) is 1. The number of carbonyl (C=O) groups is 3.